The van der Waals surface area contributed by atoms with Gasteiger partial charge in [0.15, 0.2) is 0 Å². The van der Waals surface area contributed by atoms with E-state index in [1.807, 2.05) is 6.08 Å². The zero-order chi connectivity index (χ0) is 25.9. The van der Waals surface area contributed by atoms with E-state index in [1.54, 1.807) is 0 Å². The number of carbonyl (C=O) groups is 2. The number of esters is 1. The third kappa shape index (κ3) is 16.9. The van der Waals surface area contributed by atoms with Gasteiger partial charge < -0.3 is 9.84 Å². The van der Waals surface area contributed by atoms with E-state index >= 15 is 0 Å². The minimum atomic E-state index is -0.912. The molecule has 35 heavy (non-hydrogen) atoms. The summed E-state index contributed by atoms with van der Waals surface area (Å²) in [5.74, 6) is -1.44. The topological polar surface area (TPSA) is 63.6 Å². The number of hydrogen-bond acceptors (Lipinski definition) is 3. The molecule has 1 N–H and O–H groups in total. The molecule has 0 aromatic heterocycles. The van der Waals surface area contributed by atoms with Gasteiger partial charge in [0.2, 0.25) is 0 Å². The quantitative estimate of drug-likeness (QED) is 0.104. The average Bonchev–Trinajstić information content (AvgIpc) is 2.76. The van der Waals surface area contributed by atoms with Crippen LogP contribution in [0.25, 0.3) is 0 Å². The number of ether oxygens (including phenoxy) is 1. The number of carboxylic acid groups (broad SMARTS) is 1. The van der Waals surface area contributed by atoms with Crippen LogP contribution in [0.2, 0.25) is 0 Å². The summed E-state index contributed by atoms with van der Waals surface area (Å²) in [5.41, 5.74) is 0.172. The van der Waals surface area contributed by atoms with Crippen molar-refractivity contribution >= 4 is 11.9 Å². The molecule has 0 spiro atoms. The van der Waals surface area contributed by atoms with Crippen LogP contribution in [0, 0.1) is 17.3 Å². The van der Waals surface area contributed by atoms with Crippen molar-refractivity contribution in [3.63, 3.8) is 0 Å². The van der Waals surface area contributed by atoms with Crippen LogP contribution >= 0.6 is 0 Å². The summed E-state index contributed by atoms with van der Waals surface area (Å²) < 4.78 is 5.68. The van der Waals surface area contributed by atoms with Gasteiger partial charge in [-0.15, -0.1) is 0 Å². The number of rotatable bonds is 20. The summed E-state index contributed by atoms with van der Waals surface area (Å²) in [6.45, 7) is 8.89. The van der Waals surface area contributed by atoms with Crippen LogP contribution in [0.3, 0.4) is 0 Å². The Kier molecular flexibility index (Phi) is 17.1. The normalized spacial score (nSPS) is 20.7. The molecule has 0 saturated heterocycles. The van der Waals surface area contributed by atoms with Crippen molar-refractivity contribution in [3.8, 4) is 0 Å². The summed E-state index contributed by atoms with van der Waals surface area (Å²) in [6, 6.07) is 0. The summed E-state index contributed by atoms with van der Waals surface area (Å²) in [6.07, 6.45) is 25.7. The highest BCUT2D eigenvalue weighted by molar-refractivity contribution is 5.79. The summed E-state index contributed by atoms with van der Waals surface area (Å²) >= 11 is 0. The van der Waals surface area contributed by atoms with E-state index in [4.69, 9.17) is 4.74 Å². The minimum Gasteiger partial charge on any atom is -0.481 e. The van der Waals surface area contributed by atoms with Crippen LogP contribution in [-0.4, -0.2) is 23.1 Å². The van der Waals surface area contributed by atoms with Gasteiger partial charge in [0, 0.05) is 0 Å². The molecule has 0 heterocycles. The Morgan fingerprint density at radius 3 is 1.94 bits per heavy atom. The molecule has 1 aliphatic rings. The minimum absolute atomic E-state index is 0.0380. The molecule has 4 nitrogen and oxygen atoms in total. The van der Waals surface area contributed by atoms with Crippen LogP contribution in [0.4, 0.5) is 0 Å². The van der Waals surface area contributed by atoms with Gasteiger partial charge in [-0.25, -0.2) is 0 Å². The number of unbranched alkanes of at least 4 members (excludes halogenated alkanes) is 13. The third-order valence-electron chi connectivity index (χ3n) is 7.47. The van der Waals surface area contributed by atoms with E-state index in [0.29, 0.717) is 12.3 Å². The Morgan fingerprint density at radius 2 is 1.43 bits per heavy atom. The lowest BCUT2D eigenvalue weighted by atomic mass is 9.71. The fourth-order valence-corrected chi connectivity index (χ4v) is 5.71. The molecule has 204 valence electrons. The highest BCUT2D eigenvalue weighted by Gasteiger charge is 2.34. The van der Waals surface area contributed by atoms with Crippen molar-refractivity contribution in [1.82, 2.24) is 0 Å². The number of carboxylic acids is 1. The van der Waals surface area contributed by atoms with Crippen molar-refractivity contribution in [3.05, 3.63) is 12.2 Å². The lowest BCUT2D eigenvalue weighted by molar-refractivity contribution is -0.158. The molecule has 0 amide bonds. The Labute approximate surface area is 216 Å². The van der Waals surface area contributed by atoms with Crippen LogP contribution in [0.1, 0.15) is 150 Å². The first kappa shape index (κ1) is 31.7. The maximum Gasteiger partial charge on any atom is 0.307 e. The first-order valence-electron chi connectivity index (χ1n) is 14.8. The molecule has 1 aliphatic carbocycles. The molecule has 1 rings (SSSR count). The van der Waals surface area contributed by atoms with Crippen molar-refractivity contribution in [1.29, 1.82) is 0 Å². The summed E-state index contributed by atoms with van der Waals surface area (Å²) in [5, 5.41) is 9.54. The van der Waals surface area contributed by atoms with E-state index < -0.39 is 11.9 Å². The van der Waals surface area contributed by atoms with Crippen LogP contribution < -0.4 is 0 Å². The van der Waals surface area contributed by atoms with Gasteiger partial charge in [0.25, 0.3) is 0 Å². The van der Waals surface area contributed by atoms with Crippen LogP contribution in [0.15, 0.2) is 12.2 Å². The van der Waals surface area contributed by atoms with Crippen molar-refractivity contribution in [2.75, 3.05) is 0 Å². The van der Waals surface area contributed by atoms with Crippen molar-refractivity contribution < 1.29 is 19.4 Å². The third-order valence-corrected chi connectivity index (χ3v) is 7.47. The Morgan fingerprint density at radius 1 is 0.886 bits per heavy atom. The predicted octanol–water partition coefficient (Wildman–Crippen LogP) is 9.26. The van der Waals surface area contributed by atoms with Gasteiger partial charge in [-0.1, -0.05) is 117 Å². The molecule has 0 aromatic carbocycles. The Bertz CT molecular complexity index is 595. The first-order valence-corrected chi connectivity index (χ1v) is 14.8. The Balaban J connectivity index is 2.08. The highest BCUT2D eigenvalue weighted by Crippen LogP contribution is 2.39. The molecule has 0 radical (unpaired) electrons. The molecular weight excluding hydrogens is 436 g/mol. The first-order chi connectivity index (χ1) is 16.7. The molecule has 1 fully saturated rings. The van der Waals surface area contributed by atoms with E-state index in [2.05, 4.69) is 33.8 Å². The second kappa shape index (κ2) is 18.9. The molecule has 3 atom stereocenters. The van der Waals surface area contributed by atoms with Gasteiger partial charge in [0.1, 0.15) is 6.10 Å². The van der Waals surface area contributed by atoms with E-state index in [9.17, 15) is 14.7 Å². The molecule has 3 unspecified atom stereocenters. The second-order valence-electron chi connectivity index (χ2n) is 12.0. The van der Waals surface area contributed by atoms with Crippen molar-refractivity contribution in [2.24, 2.45) is 17.3 Å². The molecule has 0 bridgehead atoms. The lowest BCUT2D eigenvalue weighted by Gasteiger charge is -2.38. The zero-order valence-electron chi connectivity index (χ0n) is 23.5. The van der Waals surface area contributed by atoms with Gasteiger partial charge in [-0.2, -0.15) is 0 Å². The van der Waals surface area contributed by atoms with Crippen LogP contribution in [0.5, 0.6) is 0 Å². The number of aliphatic carboxylic acids is 1. The highest BCUT2D eigenvalue weighted by atomic mass is 16.5. The fraction of sp³-hybridized carbons (Fsp3) is 0.871. The maximum absolute atomic E-state index is 12.4. The average molecular weight is 493 g/mol. The van der Waals surface area contributed by atoms with Crippen LogP contribution in [-0.2, 0) is 14.3 Å². The second-order valence-corrected chi connectivity index (χ2v) is 12.0. The molecular formula is C31H56O4. The summed E-state index contributed by atoms with van der Waals surface area (Å²) in [7, 11) is 0. The largest absolute Gasteiger partial charge is 0.481 e. The van der Waals surface area contributed by atoms with Gasteiger partial charge >= 0.3 is 11.9 Å². The maximum atomic E-state index is 12.4. The molecule has 1 saturated carbocycles. The lowest BCUT2D eigenvalue weighted by Crippen LogP contribution is -2.34. The monoisotopic (exact) mass is 492 g/mol. The zero-order valence-corrected chi connectivity index (χ0v) is 23.5. The SMILES string of the molecule is CCCCCCCCCCCCCCCC=CCC(CC(=O)OC1CC(C)CC(C)(C)C1)C(=O)O. The molecule has 0 aliphatic heterocycles. The smallest absolute Gasteiger partial charge is 0.307 e. The van der Waals surface area contributed by atoms with E-state index in [1.165, 1.54) is 77.0 Å². The summed E-state index contributed by atoms with van der Waals surface area (Å²) in [4.78, 5) is 24.0. The number of hydrogen-bond donors (Lipinski definition) is 1. The predicted molar refractivity (Wildman–Crippen MR) is 146 cm³/mol. The molecule has 0 aromatic rings. The standard InChI is InChI=1S/C31H56O4/c1-5-6-7-8-9-10-11-12-13-14-15-16-17-18-19-20-21-27(30(33)34)23-29(32)35-28-22-26(2)24-31(3,4)25-28/h19-20,26-28H,5-18,21-25H2,1-4H3,(H,33,34). The Hall–Kier alpha value is -1.32. The van der Waals surface area contributed by atoms with Crippen molar-refractivity contribution in [2.45, 2.75) is 156 Å². The van der Waals surface area contributed by atoms with Gasteiger partial charge in [0.05, 0.1) is 12.3 Å². The molecule has 4 heteroatoms. The van der Waals surface area contributed by atoms with E-state index in [-0.39, 0.29) is 23.9 Å². The van der Waals surface area contributed by atoms with E-state index in [0.717, 1.165) is 32.1 Å². The number of allylic oxidation sites excluding steroid dienone is 2. The van der Waals surface area contributed by atoms with Gasteiger partial charge in [-0.05, 0) is 49.9 Å². The van der Waals surface area contributed by atoms with Gasteiger partial charge in [-0.3, -0.25) is 9.59 Å². The fourth-order valence-electron chi connectivity index (χ4n) is 5.71. The number of carbonyl (C=O) groups excluding carboxylic acids is 1.